The number of hydrogen-bond donors (Lipinski definition) is 0. The first kappa shape index (κ1) is 8.84. The average Bonchev–Trinajstić information content (AvgIpc) is 2.71. The SMILES string of the molecule is BrCc1ccc(-c2nncs2)cc1. The number of benzene rings is 1. The van der Waals surface area contributed by atoms with Gasteiger partial charge >= 0.3 is 0 Å². The third kappa shape index (κ3) is 1.95. The molecule has 0 saturated carbocycles. The molecule has 2 aromatic rings. The lowest BCUT2D eigenvalue weighted by molar-refractivity contribution is 1.09. The molecule has 0 unspecified atom stereocenters. The Kier molecular flexibility index (Phi) is 2.71. The van der Waals surface area contributed by atoms with Crippen molar-refractivity contribution in [3.05, 3.63) is 35.3 Å². The predicted molar refractivity (Wildman–Crippen MR) is 58.0 cm³/mol. The summed E-state index contributed by atoms with van der Waals surface area (Å²) in [5.41, 5.74) is 4.15. The summed E-state index contributed by atoms with van der Waals surface area (Å²) in [5.74, 6) is 0. The van der Waals surface area contributed by atoms with Crippen molar-refractivity contribution in [3.63, 3.8) is 0 Å². The number of halogens is 1. The van der Waals surface area contributed by atoms with Gasteiger partial charge in [-0.15, -0.1) is 10.2 Å². The number of aromatic nitrogens is 2. The molecule has 0 atom stereocenters. The summed E-state index contributed by atoms with van der Waals surface area (Å²) in [7, 11) is 0. The van der Waals surface area contributed by atoms with Crippen molar-refractivity contribution in [2.75, 3.05) is 0 Å². The van der Waals surface area contributed by atoms with Gasteiger partial charge in [0, 0.05) is 10.9 Å². The molecule has 0 amide bonds. The maximum Gasteiger partial charge on any atom is 0.147 e. The largest absolute Gasteiger partial charge is 0.147 e. The van der Waals surface area contributed by atoms with Gasteiger partial charge in [-0.3, -0.25) is 0 Å². The Bertz CT molecular complexity index is 369. The number of nitrogens with zero attached hydrogens (tertiary/aromatic N) is 2. The molecule has 2 rings (SSSR count). The molecule has 0 fully saturated rings. The van der Waals surface area contributed by atoms with Gasteiger partial charge in [-0.05, 0) is 5.56 Å². The second kappa shape index (κ2) is 3.98. The van der Waals surface area contributed by atoms with Crippen molar-refractivity contribution in [3.8, 4) is 10.6 Å². The first-order chi connectivity index (χ1) is 6.40. The molecule has 1 aromatic carbocycles. The Morgan fingerprint density at radius 3 is 2.54 bits per heavy atom. The molecule has 0 radical (unpaired) electrons. The van der Waals surface area contributed by atoms with E-state index in [-0.39, 0.29) is 0 Å². The van der Waals surface area contributed by atoms with Gasteiger partial charge in [0.2, 0.25) is 0 Å². The molecule has 66 valence electrons. The van der Waals surface area contributed by atoms with E-state index in [2.05, 4.69) is 50.4 Å². The van der Waals surface area contributed by atoms with Crippen molar-refractivity contribution in [1.82, 2.24) is 10.2 Å². The van der Waals surface area contributed by atoms with Crippen LogP contribution in [0, 0.1) is 0 Å². The molecular formula is C9H7BrN2S. The first-order valence-electron chi connectivity index (χ1n) is 3.81. The van der Waals surface area contributed by atoms with E-state index in [1.54, 1.807) is 16.8 Å². The zero-order valence-corrected chi connectivity index (χ0v) is 9.18. The van der Waals surface area contributed by atoms with Gasteiger partial charge in [0.15, 0.2) is 0 Å². The molecular weight excluding hydrogens is 248 g/mol. The van der Waals surface area contributed by atoms with E-state index < -0.39 is 0 Å². The zero-order chi connectivity index (χ0) is 9.10. The Labute approximate surface area is 88.8 Å². The molecule has 13 heavy (non-hydrogen) atoms. The molecule has 0 bridgehead atoms. The molecule has 4 heteroatoms. The highest BCUT2D eigenvalue weighted by molar-refractivity contribution is 9.08. The fourth-order valence-corrected chi connectivity index (χ4v) is 1.97. The topological polar surface area (TPSA) is 25.8 Å². The first-order valence-corrected chi connectivity index (χ1v) is 5.81. The minimum atomic E-state index is 0.892. The normalized spacial score (nSPS) is 10.2. The number of hydrogen-bond acceptors (Lipinski definition) is 3. The van der Waals surface area contributed by atoms with Gasteiger partial charge in [-0.2, -0.15) is 0 Å². The summed E-state index contributed by atoms with van der Waals surface area (Å²) < 4.78 is 0. The van der Waals surface area contributed by atoms with E-state index in [0.717, 1.165) is 15.9 Å². The van der Waals surface area contributed by atoms with E-state index in [0.29, 0.717) is 0 Å². The van der Waals surface area contributed by atoms with Crippen LogP contribution in [0.15, 0.2) is 29.8 Å². The molecule has 1 aromatic heterocycles. The average molecular weight is 255 g/mol. The molecule has 0 aliphatic carbocycles. The molecule has 0 N–H and O–H groups in total. The van der Waals surface area contributed by atoms with E-state index in [1.165, 1.54) is 5.56 Å². The van der Waals surface area contributed by atoms with Gasteiger partial charge < -0.3 is 0 Å². The highest BCUT2D eigenvalue weighted by atomic mass is 79.9. The van der Waals surface area contributed by atoms with Crippen LogP contribution in [-0.4, -0.2) is 10.2 Å². The van der Waals surface area contributed by atoms with Crippen LogP contribution in [0.4, 0.5) is 0 Å². The van der Waals surface area contributed by atoms with Crippen molar-refractivity contribution >= 4 is 27.3 Å². The van der Waals surface area contributed by atoms with Crippen LogP contribution in [0.2, 0.25) is 0 Å². The van der Waals surface area contributed by atoms with Crippen molar-refractivity contribution < 1.29 is 0 Å². The van der Waals surface area contributed by atoms with Crippen LogP contribution in [-0.2, 0) is 5.33 Å². The number of alkyl halides is 1. The summed E-state index contributed by atoms with van der Waals surface area (Å²) in [6, 6.07) is 8.31. The van der Waals surface area contributed by atoms with Crippen LogP contribution in [0.3, 0.4) is 0 Å². The highest BCUT2D eigenvalue weighted by Gasteiger charge is 1.99. The number of rotatable bonds is 2. The maximum absolute atomic E-state index is 4.00. The van der Waals surface area contributed by atoms with Crippen molar-refractivity contribution in [2.45, 2.75) is 5.33 Å². The van der Waals surface area contributed by atoms with Crippen LogP contribution < -0.4 is 0 Å². The Balaban J connectivity index is 2.33. The summed E-state index contributed by atoms with van der Waals surface area (Å²) in [6.07, 6.45) is 0. The minimum absolute atomic E-state index is 0.892. The Morgan fingerprint density at radius 1 is 1.23 bits per heavy atom. The standard InChI is InChI=1S/C9H7BrN2S/c10-5-7-1-3-8(4-2-7)9-12-11-6-13-9/h1-4,6H,5H2. The van der Waals surface area contributed by atoms with Crippen molar-refractivity contribution in [2.24, 2.45) is 0 Å². The molecule has 0 saturated heterocycles. The predicted octanol–water partition coefficient (Wildman–Crippen LogP) is 3.10. The minimum Gasteiger partial charge on any atom is -0.147 e. The van der Waals surface area contributed by atoms with Crippen LogP contribution in [0.25, 0.3) is 10.6 Å². The maximum atomic E-state index is 4.00. The lowest BCUT2D eigenvalue weighted by Crippen LogP contribution is -1.79. The van der Waals surface area contributed by atoms with Gasteiger partial charge in [-0.25, -0.2) is 0 Å². The van der Waals surface area contributed by atoms with Crippen LogP contribution >= 0.6 is 27.3 Å². The summed E-state index contributed by atoms with van der Waals surface area (Å²) >= 11 is 4.96. The molecule has 1 heterocycles. The van der Waals surface area contributed by atoms with Crippen molar-refractivity contribution in [1.29, 1.82) is 0 Å². The van der Waals surface area contributed by atoms with Crippen LogP contribution in [0.5, 0.6) is 0 Å². The quantitative estimate of drug-likeness (QED) is 0.770. The third-order valence-electron chi connectivity index (χ3n) is 1.72. The van der Waals surface area contributed by atoms with E-state index in [9.17, 15) is 0 Å². The van der Waals surface area contributed by atoms with Gasteiger partial charge in [-0.1, -0.05) is 51.5 Å². The molecule has 2 nitrogen and oxygen atoms in total. The molecule has 0 aliphatic heterocycles. The monoisotopic (exact) mass is 254 g/mol. The summed E-state index contributed by atoms with van der Waals surface area (Å²) in [6.45, 7) is 0. The lowest BCUT2D eigenvalue weighted by Gasteiger charge is -1.96. The fourth-order valence-electron chi connectivity index (χ4n) is 1.04. The fraction of sp³-hybridized carbons (Fsp3) is 0.111. The third-order valence-corrected chi connectivity index (χ3v) is 3.10. The smallest absolute Gasteiger partial charge is 0.147 e. The van der Waals surface area contributed by atoms with E-state index in [4.69, 9.17) is 0 Å². The summed E-state index contributed by atoms with van der Waals surface area (Å²) in [4.78, 5) is 0. The van der Waals surface area contributed by atoms with Gasteiger partial charge in [0.05, 0.1) is 0 Å². The van der Waals surface area contributed by atoms with E-state index in [1.807, 2.05) is 0 Å². The van der Waals surface area contributed by atoms with Gasteiger partial charge in [0.25, 0.3) is 0 Å². The molecule has 0 aliphatic rings. The lowest BCUT2D eigenvalue weighted by atomic mass is 10.2. The second-order valence-corrected chi connectivity index (χ2v) is 3.97. The molecule has 0 spiro atoms. The Morgan fingerprint density at radius 2 is 2.00 bits per heavy atom. The van der Waals surface area contributed by atoms with E-state index >= 15 is 0 Å². The Hall–Kier alpha value is -0.740. The van der Waals surface area contributed by atoms with Gasteiger partial charge in [0.1, 0.15) is 10.5 Å². The highest BCUT2D eigenvalue weighted by Crippen LogP contribution is 2.21. The van der Waals surface area contributed by atoms with Crippen LogP contribution in [0.1, 0.15) is 5.56 Å². The second-order valence-electron chi connectivity index (χ2n) is 2.57. The zero-order valence-electron chi connectivity index (χ0n) is 6.77. The summed E-state index contributed by atoms with van der Waals surface area (Å²) in [5, 5.41) is 9.66.